The second-order valence-electron chi connectivity index (χ2n) is 5.87. The summed E-state index contributed by atoms with van der Waals surface area (Å²) >= 11 is 0. The first-order chi connectivity index (χ1) is 10.8. The molecule has 23 heavy (non-hydrogen) atoms. The molecule has 0 rings (SSSR count). The van der Waals surface area contributed by atoms with E-state index in [2.05, 4.69) is 10.6 Å². The van der Waals surface area contributed by atoms with Gasteiger partial charge in [-0.1, -0.05) is 0 Å². The average Bonchev–Trinajstić information content (AvgIpc) is 2.44. The van der Waals surface area contributed by atoms with E-state index < -0.39 is 23.9 Å². The molecule has 132 valence electrons. The average molecular weight is 330 g/mol. The number of alkyl carbamates (subject to hydrolysis) is 2. The highest BCUT2D eigenvalue weighted by Gasteiger charge is 2.16. The first-order valence-electron chi connectivity index (χ1n) is 7.57. The first kappa shape index (κ1) is 20.9. The molecule has 0 aromatic rings. The Hall–Kier alpha value is -2.12. The molecule has 0 aromatic heterocycles. The molecule has 8 nitrogen and oxygen atoms in total. The Morgan fingerprint density at radius 1 is 0.957 bits per heavy atom. The van der Waals surface area contributed by atoms with Crippen molar-refractivity contribution in [2.75, 3.05) is 13.1 Å². The van der Waals surface area contributed by atoms with E-state index >= 15 is 0 Å². The molecule has 0 aromatic carbocycles. The van der Waals surface area contributed by atoms with Crippen LogP contribution in [0, 0.1) is 0 Å². The zero-order chi connectivity index (χ0) is 17.7. The fraction of sp³-hybridized carbons (Fsp3) is 0.733. The molecule has 0 spiro atoms. The van der Waals surface area contributed by atoms with Gasteiger partial charge in [0.25, 0.3) is 0 Å². The Kier molecular flexibility index (Phi) is 10.4. The molecule has 0 fully saturated rings. The van der Waals surface area contributed by atoms with Crippen molar-refractivity contribution in [3.05, 3.63) is 0 Å². The van der Waals surface area contributed by atoms with Gasteiger partial charge >= 0.3 is 12.2 Å². The number of ether oxygens (including phenoxy) is 2. The molecule has 0 bridgehead atoms. The normalized spacial score (nSPS) is 10.8. The van der Waals surface area contributed by atoms with Crippen LogP contribution in [0.3, 0.4) is 0 Å². The summed E-state index contributed by atoms with van der Waals surface area (Å²) in [6.45, 7) is 5.62. The molecule has 0 radical (unpaired) electrons. The van der Waals surface area contributed by atoms with Gasteiger partial charge in [0, 0.05) is 25.9 Å². The molecule has 8 heteroatoms. The first-order valence-corrected chi connectivity index (χ1v) is 7.57. The largest absolute Gasteiger partial charge is 0.446 e. The molecular weight excluding hydrogens is 304 g/mol. The van der Waals surface area contributed by atoms with Crippen molar-refractivity contribution in [2.24, 2.45) is 0 Å². The van der Waals surface area contributed by atoms with Crippen molar-refractivity contribution in [1.82, 2.24) is 10.6 Å². The molecule has 0 aliphatic rings. The van der Waals surface area contributed by atoms with Gasteiger partial charge in [-0.15, -0.1) is 0 Å². The predicted molar refractivity (Wildman–Crippen MR) is 83.1 cm³/mol. The highest BCUT2D eigenvalue weighted by atomic mass is 16.6. The summed E-state index contributed by atoms with van der Waals surface area (Å²) in [6, 6.07) is 0. The Morgan fingerprint density at radius 3 is 1.87 bits per heavy atom. The molecule has 0 saturated heterocycles. The molecule has 2 amide bonds. The lowest BCUT2D eigenvalue weighted by Gasteiger charge is -2.20. The van der Waals surface area contributed by atoms with Gasteiger partial charge in [-0.3, -0.25) is 0 Å². The second kappa shape index (κ2) is 11.4. The third-order valence-electron chi connectivity index (χ3n) is 2.55. The van der Waals surface area contributed by atoms with Crippen LogP contribution in [0.1, 0.15) is 46.5 Å². The van der Waals surface area contributed by atoms with E-state index in [1.165, 1.54) is 0 Å². The summed E-state index contributed by atoms with van der Waals surface area (Å²) in [5.41, 5.74) is -0.583. The summed E-state index contributed by atoms with van der Waals surface area (Å²) in [5.74, 6) is 0. The van der Waals surface area contributed by atoms with Crippen molar-refractivity contribution in [3.63, 3.8) is 0 Å². The van der Waals surface area contributed by atoms with Crippen molar-refractivity contribution in [3.8, 4) is 0 Å². The summed E-state index contributed by atoms with van der Waals surface area (Å²) in [5, 5.41) is 4.97. The minimum absolute atomic E-state index is 0.173. The number of carbonyl (C=O) groups is 4. The fourth-order valence-electron chi connectivity index (χ4n) is 1.61. The maximum atomic E-state index is 11.6. The Balaban J connectivity index is 3.95. The Bertz CT molecular complexity index is 380. The molecule has 0 atom stereocenters. The van der Waals surface area contributed by atoms with Gasteiger partial charge in [-0.25, -0.2) is 9.59 Å². The number of rotatable bonds is 10. The molecule has 0 saturated carbocycles. The van der Waals surface area contributed by atoms with Crippen molar-refractivity contribution < 1.29 is 28.7 Å². The third kappa shape index (κ3) is 13.3. The van der Waals surface area contributed by atoms with Crippen LogP contribution < -0.4 is 10.6 Å². The molecule has 2 N–H and O–H groups in total. The highest BCUT2D eigenvalue weighted by molar-refractivity contribution is 5.69. The molecular formula is C15H26N2O6. The maximum Gasteiger partial charge on any atom is 0.407 e. The SMILES string of the molecule is CC(C)(C)OC(=O)NCCNC(=O)OC(CCC=O)CCC=O. The van der Waals surface area contributed by atoms with Crippen LogP contribution in [-0.4, -0.2) is 49.6 Å². The number of carbonyl (C=O) groups excluding carboxylic acids is 4. The number of hydrogen-bond donors (Lipinski definition) is 2. The summed E-state index contributed by atoms with van der Waals surface area (Å²) in [4.78, 5) is 43.7. The Morgan fingerprint density at radius 2 is 1.43 bits per heavy atom. The van der Waals surface area contributed by atoms with Crippen LogP contribution >= 0.6 is 0 Å². The molecule has 0 aliphatic heterocycles. The minimum Gasteiger partial charge on any atom is -0.446 e. The monoisotopic (exact) mass is 330 g/mol. The zero-order valence-corrected chi connectivity index (χ0v) is 13.9. The summed E-state index contributed by atoms with van der Waals surface area (Å²) in [7, 11) is 0. The van der Waals surface area contributed by atoms with Crippen LogP contribution in [0.5, 0.6) is 0 Å². The number of nitrogens with one attached hydrogen (secondary N) is 2. The van der Waals surface area contributed by atoms with E-state index in [1.807, 2.05) is 0 Å². The van der Waals surface area contributed by atoms with E-state index in [0.29, 0.717) is 12.8 Å². The van der Waals surface area contributed by atoms with Crippen molar-refractivity contribution >= 4 is 24.8 Å². The van der Waals surface area contributed by atoms with Gasteiger partial charge in [0.05, 0.1) is 0 Å². The zero-order valence-electron chi connectivity index (χ0n) is 13.9. The van der Waals surface area contributed by atoms with E-state index in [4.69, 9.17) is 9.47 Å². The quantitative estimate of drug-likeness (QED) is 0.464. The predicted octanol–water partition coefficient (Wildman–Crippen LogP) is 1.56. The van der Waals surface area contributed by atoms with Gasteiger partial charge in [0.2, 0.25) is 0 Å². The van der Waals surface area contributed by atoms with Gasteiger partial charge in [0.1, 0.15) is 24.3 Å². The topological polar surface area (TPSA) is 111 Å². The van der Waals surface area contributed by atoms with Gasteiger partial charge in [0.15, 0.2) is 0 Å². The highest BCUT2D eigenvalue weighted by Crippen LogP contribution is 2.08. The van der Waals surface area contributed by atoms with Gasteiger partial charge in [-0.2, -0.15) is 0 Å². The smallest absolute Gasteiger partial charge is 0.407 e. The summed E-state index contributed by atoms with van der Waals surface area (Å²) < 4.78 is 10.2. The lowest BCUT2D eigenvalue weighted by atomic mass is 10.1. The maximum absolute atomic E-state index is 11.6. The van der Waals surface area contributed by atoms with Crippen LogP contribution in [-0.2, 0) is 19.1 Å². The van der Waals surface area contributed by atoms with Crippen LogP contribution in [0.25, 0.3) is 0 Å². The number of aldehydes is 2. The minimum atomic E-state index is -0.655. The lowest BCUT2D eigenvalue weighted by Crippen LogP contribution is -2.38. The van der Waals surface area contributed by atoms with E-state index in [1.54, 1.807) is 20.8 Å². The fourth-order valence-corrected chi connectivity index (χ4v) is 1.61. The van der Waals surface area contributed by atoms with Crippen LogP contribution in [0.15, 0.2) is 0 Å². The second-order valence-corrected chi connectivity index (χ2v) is 5.87. The van der Waals surface area contributed by atoms with Crippen molar-refractivity contribution in [2.45, 2.75) is 58.2 Å². The van der Waals surface area contributed by atoms with Crippen LogP contribution in [0.4, 0.5) is 9.59 Å². The molecule has 0 aliphatic carbocycles. The summed E-state index contributed by atoms with van der Waals surface area (Å²) in [6.07, 6.45) is 1.04. The van der Waals surface area contributed by atoms with Gasteiger partial charge in [-0.05, 0) is 33.6 Å². The standard InChI is InChI=1S/C15H26N2O6/c1-15(2,3)23-14(21)17-9-8-16-13(20)22-12(6-4-10-18)7-5-11-19/h10-12H,4-9H2,1-3H3,(H,16,20)(H,17,21). The Labute approximate surface area is 136 Å². The molecule has 0 heterocycles. The van der Waals surface area contributed by atoms with E-state index in [9.17, 15) is 19.2 Å². The van der Waals surface area contributed by atoms with E-state index in [-0.39, 0.29) is 25.9 Å². The lowest BCUT2D eigenvalue weighted by molar-refractivity contribution is -0.108. The number of amides is 2. The van der Waals surface area contributed by atoms with Crippen LogP contribution in [0.2, 0.25) is 0 Å². The number of hydrogen-bond acceptors (Lipinski definition) is 6. The molecule has 0 unspecified atom stereocenters. The third-order valence-corrected chi connectivity index (χ3v) is 2.55. The van der Waals surface area contributed by atoms with Crippen molar-refractivity contribution in [1.29, 1.82) is 0 Å². The van der Waals surface area contributed by atoms with Gasteiger partial charge < -0.3 is 29.7 Å². The van der Waals surface area contributed by atoms with E-state index in [0.717, 1.165) is 12.6 Å².